The molecule has 176 valence electrons. The third-order valence-corrected chi connectivity index (χ3v) is 6.19. The van der Waals surface area contributed by atoms with Gasteiger partial charge in [0.15, 0.2) is 11.5 Å². The molecule has 1 aliphatic rings. The van der Waals surface area contributed by atoms with Gasteiger partial charge in [-0.2, -0.15) is 0 Å². The van der Waals surface area contributed by atoms with Gasteiger partial charge in [-0.15, -0.1) is 10.2 Å². The van der Waals surface area contributed by atoms with Crippen LogP contribution in [0.25, 0.3) is 10.9 Å². The number of methoxy groups -OCH3 is 1. The van der Waals surface area contributed by atoms with Crippen LogP contribution in [0.2, 0.25) is 0 Å². The van der Waals surface area contributed by atoms with Gasteiger partial charge in [0, 0.05) is 35.6 Å². The molecule has 1 aliphatic heterocycles. The molecule has 11 heteroatoms. The first-order valence-electron chi connectivity index (χ1n) is 10.9. The van der Waals surface area contributed by atoms with Crippen molar-refractivity contribution in [1.82, 2.24) is 29.6 Å². The van der Waals surface area contributed by atoms with Gasteiger partial charge in [-0.1, -0.05) is 15.9 Å². The molecular formula is C23H23BrFN7O2. The standard InChI is InChI=1S/C23H23BrFN7O2/c1-33-20-11-19-16(23(27-13-26-19)29-18-4-3-15(24)9-17(18)25)10-21(20)34-8-2-5-31-6-7-32-14-28-30-22(32)12-31/h3-4,9-11,13-14H,2,5-8,12H2,1H3,(H,26,27,29). The molecule has 0 saturated carbocycles. The third kappa shape index (κ3) is 4.80. The first kappa shape index (κ1) is 22.5. The van der Waals surface area contributed by atoms with Crippen LogP contribution in [0, 0.1) is 5.82 Å². The molecule has 0 amide bonds. The largest absolute Gasteiger partial charge is 0.493 e. The van der Waals surface area contributed by atoms with Crippen LogP contribution in [0.3, 0.4) is 0 Å². The first-order chi connectivity index (χ1) is 16.6. The molecule has 1 N–H and O–H groups in total. The lowest BCUT2D eigenvalue weighted by atomic mass is 10.2. The zero-order valence-electron chi connectivity index (χ0n) is 18.5. The normalized spacial score (nSPS) is 13.6. The number of nitrogens with zero attached hydrogens (tertiary/aromatic N) is 6. The smallest absolute Gasteiger partial charge is 0.162 e. The van der Waals surface area contributed by atoms with Crippen molar-refractivity contribution in [3.63, 3.8) is 0 Å². The van der Waals surface area contributed by atoms with E-state index in [2.05, 4.69) is 50.9 Å². The summed E-state index contributed by atoms with van der Waals surface area (Å²) in [6, 6.07) is 8.44. The number of ether oxygens (including phenoxy) is 2. The second kappa shape index (κ2) is 9.90. The van der Waals surface area contributed by atoms with E-state index in [0.29, 0.717) is 45.0 Å². The molecule has 9 nitrogen and oxygen atoms in total. The number of nitrogens with one attached hydrogen (secondary N) is 1. The van der Waals surface area contributed by atoms with Crippen LogP contribution in [-0.2, 0) is 13.1 Å². The fourth-order valence-corrected chi connectivity index (χ4v) is 4.27. The Morgan fingerprint density at radius 3 is 2.91 bits per heavy atom. The highest BCUT2D eigenvalue weighted by Crippen LogP contribution is 2.35. The second-order valence-corrected chi connectivity index (χ2v) is 8.83. The second-order valence-electron chi connectivity index (χ2n) is 7.91. The topological polar surface area (TPSA) is 90.2 Å². The number of anilines is 2. The molecule has 3 heterocycles. The van der Waals surface area contributed by atoms with E-state index in [9.17, 15) is 4.39 Å². The fraction of sp³-hybridized carbons (Fsp3) is 0.304. The van der Waals surface area contributed by atoms with Crippen LogP contribution < -0.4 is 14.8 Å². The zero-order chi connectivity index (χ0) is 23.5. The summed E-state index contributed by atoms with van der Waals surface area (Å²) in [6.45, 7) is 4.06. The zero-order valence-corrected chi connectivity index (χ0v) is 20.1. The van der Waals surface area contributed by atoms with E-state index in [1.165, 1.54) is 12.4 Å². The van der Waals surface area contributed by atoms with Gasteiger partial charge >= 0.3 is 0 Å². The Morgan fingerprint density at radius 1 is 1.15 bits per heavy atom. The summed E-state index contributed by atoms with van der Waals surface area (Å²) in [5.74, 6) is 2.25. The van der Waals surface area contributed by atoms with Crippen LogP contribution in [-0.4, -0.2) is 56.4 Å². The molecule has 0 saturated heterocycles. The van der Waals surface area contributed by atoms with Crippen LogP contribution in [0.15, 0.2) is 47.5 Å². The Balaban J connectivity index is 1.29. The SMILES string of the molecule is COc1cc2ncnc(Nc3ccc(Br)cc3F)c2cc1OCCCN1CCn2cnnc2C1. The van der Waals surface area contributed by atoms with Gasteiger partial charge < -0.3 is 19.4 Å². The Morgan fingerprint density at radius 2 is 2.06 bits per heavy atom. The van der Waals surface area contributed by atoms with E-state index in [0.717, 1.165) is 38.4 Å². The predicted molar refractivity (Wildman–Crippen MR) is 129 cm³/mol. The van der Waals surface area contributed by atoms with E-state index < -0.39 is 0 Å². The molecule has 0 fully saturated rings. The van der Waals surface area contributed by atoms with E-state index in [1.807, 2.05) is 6.07 Å². The van der Waals surface area contributed by atoms with Crippen molar-refractivity contribution < 1.29 is 13.9 Å². The number of halogens is 2. The van der Waals surface area contributed by atoms with Gasteiger partial charge in [0.1, 0.15) is 30.1 Å². The van der Waals surface area contributed by atoms with E-state index in [1.54, 1.807) is 31.6 Å². The van der Waals surface area contributed by atoms with Gasteiger partial charge in [0.25, 0.3) is 0 Å². The summed E-state index contributed by atoms with van der Waals surface area (Å²) in [7, 11) is 1.59. The summed E-state index contributed by atoms with van der Waals surface area (Å²) in [6.07, 6.45) is 4.05. The monoisotopic (exact) mass is 527 g/mol. The Hall–Kier alpha value is -3.31. The average molecular weight is 528 g/mol. The number of rotatable bonds is 8. The summed E-state index contributed by atoms with van der Waals surface area (Å²) < 4.78 is 28.7. The van der Waals surface area contributed by atoms with Gasteiger partial charge in [-0.25, -0.2) is 14.4 Å². The van der Waals surface area contributed by atoms with E-state index >= 15 is 0 Å². The molecule has 0 unspecified atom stereocenters. The van der Waals surface area contributed by atoms with E-state index in [4.69, 9.17) is 9.47 Å². The Kier molecular flexibility index (Phi) is 6.54. The maximum Gasteiger partial charge on any atom is 0.162 e. The summed E-state index contributed by atoms with van der Waals surface area (Å²) in [5.41, 5.74) is 0.982. The van der Waals surface area contributed by atoms with Crippen molar-refractivity contribution in [2.45, 2.75) is 19.5 Å². The number of aromatic nitrogens is 5. The average Bonchev–Trinajstić information content (AvgIpc) is 3.31. The number of hydrogen-bond donors (Lipinski definition) is 1. The summed E-state index contributed by atoms with van der Waals surface area (Å²) in [5, 5.41) is 11.9. The maximum atomic E-state index is 14.4. The van der Waals surface area contributed by atoms with Crippen molar-refractivity contribution in [2.75, 3.05) is 32.1 Å². The highest BCUT2D eigenvalue weighted by atomic mass is 79.9. The summed E-state index contributed by atoms with van der Waals surface area (Å²) in [4.78, 5) is 11.0. The minimum absolute atomic E-state index is 0.318. The predicted octanol–water partition coefficient (Wildman–Crippen LogP) is 4.16. The van der Waals surface area contributed by atoms with Gasteiger partial charge in [-0.05, 0) is 30.7 Å². The highest BCUT2D eigenvalue weighted by molar-refractivity contribution is 9.10. The molecule has 0 spiro atoms. The Labute approximate surface area is 204 Å². The lowest BCUT2D eigenvalue weighted by molar-refractivity contribution is 0.194. The number of benzene rings is 2. The fourth-order valence-electron chi connectivity index (χ4n) is 3.93. The maximum absolute atomic E-state index is 14.4. The van der Waals surface area contributed by atoms with Crippen molar-refractivity contribution in [3.05, 3.63) is 59.1 Å². The van der Waals surface area contributed by atoms with Gasteiger partial charge in [-0.3, -0.25) is 4.90 Å². The minimum Gasteiger partial charge on any atom is -0.493 e. The van der Waals surface area contributed by atoms with Crippen LogP contribution in [0.4, 0.5) is 15.9 Å². The summed E-state index contributed by atoms with van der Waals surface area (Å²) >= 11 is 3.27. The van der Waals surface area contributed by atoms with Crippen LogP contribution in [0.1, 0.15) is 12.2 Å². The van der Waals surface area contributed by atoms with Crippen molar-refractivity contribution >= 4 is 38.3 Å². The molecule has 0 atom stereocenters. The van der Waals surface area contributed by atoms with Gasteiger partial charge in [0.2, 0.25) is 0 Å². The molecule has 0 bridgehead atoms. The molecular weight excluding hydrogens is 505 g/mol. The molecule has 2 aromatic heterocycles. The molecule has 2 aromatic carbocycles. The molecule has 0 radical (unpaired) electrons. The number of hydrogen-bond acceptors (Lipinski definition) is 8. The van der Waals surface area contributed by atoms with E-state index in [-0.39, 0.29) is 5.82 Å². The third-order valence-electron chi connectivity index (χ3n) is 5.70. The van der Waals surface area contributed by atoms with Crippen molar-refractivity contribution in [1.29, 1.82) is 0 Å². The lowest BCUT2D eigenvalue weighted by Crippen LogP contribution is -2.34. The molecule has 0 aliphatic carbocycles. The van der Waals surface area contributed by atoms with Crippen LogP contribution in [0.5, 0.6) is 11.5 Å². The highest BCUT2D eigenvalue weighted by Gasteiger charge is 2.17. The number of fused-ring (bicyclic) bond motifs is 2. The Bertz CT molecular complexity index is 1320. The van der Waals surface area contributed by atoms with Crippen LogP contribution >= 0.6 is 15.9 Å². The molecule has 5 rings (SSSR count). The lowest BCUT2D eigenvalue weighted by Gasteiger charge is -2.26. The molecule has 34 heavy (non-hydrogen) atoms. The minimum atomic E-state index is -0.387. The quantitative estimate of drug-likeness (QED) is 0.341. The molecule has 4 aromatic rings. The van der Waals surface area contributed by atoms with Crippen molar-refractivity contribution in [3.8, 4) is 11.5 Å². The van der Waals surface area contributed by atoms with Gasteiger partial charge in [0.05, 0.1) is 31.5 Å². The first-order valence-corrected chi connectivity index (χ1v) is 11.7. The van der Waals surface area contributed by atoms with Crippen molar-refractivity contribution in [2.24, 2.45) is 0 Å².